The second kappa shape index (κ2) is 5.18. The van der Waals surface area contributed by atoms with Crippen LogP contribution < -0.4 is 0 Å². The highest BCUT2D eigenvalue weighted by molar-refractivity contribution is 6.30. The van der Waals surface area contributed by atoms with Crippen LogP contribution in [0.1, 0.15) is 26.3 Å². The number of benzene rings is 2. The van der Waals surface area contributed by atoms with Gasteiger partial charge in [0.05, 0.1) is 23.2 Å². The Labute approximate surface area is 137 Å². The van der Waals surface area contributed by atoms with Gasteiger partial charge in [-0.2, -0.15) is 0 Å². The molecule has 0 spiro atoms. The lowest BCUT2D eigenvalue weighted by molar-refractivity contribution is 0.0642. The van der Waals surface area contributed by atoms with Gasteiger partial charge in [-0.3, -0.25) is 14.5 Å². The Morgan fingerprint density at radius 1 is 0.913 bits per heavy atom. The largest absolute Gasteiger partial charge is 0.270 e. The highest BCUT2D eigenvalue weighted by Gasteiger charge is 2.35. The highest BCUT2D eigenvalue weighted by Crippen LogP contribution is 2.27. The molecule has 2 amide bonds. The van der Waals surface area contributed by atoms with Crippen LogP contribution in [0.15, 0.2) is 54.6 Å². The molecule has 0 saturated heterocycles. The summed E-state index contributed by atoms with van der Waals surface area (Å²) in [6.07, 6.45) is 0. The number of carbonyl (C=O) groups excluding carboxylic acids is 2. The molecule has 0 N–H and O–H groups in total. The Morgan fingerprint density at radius 2 is 1.52 bits per heavy atom. The number of hydrogen-bond acceptors (Lipinski definition) is 3. The van der Waals surface area contributed by atoms with Gasteiger partial charge >= 0.3 is 0 Å². The maximum absolute atomic E-state index is 12.4. The zero-order valence-corrected chi connectivity index (χ0v) is 12.7. The number of carbonyl (C=O) groups is 2. The number of fused-ring (bicyclic) bond motifs is 2. The van der Waals surface area contributed by atoms with Gasteiger partial charge in [0.1, 0.15) is 5.15 Å². The van der Waals surface area contributed by atoms with E-state index in [0.717, 1.165) is 10.9 Å². The minimum Gasteiger partial charge on any atom is -0.270 e. The summed E-state index contributed by atoms with van der Waals surface area (Å²) in [6.45, 7) is 0.114. The van der Waals surface area contributed by atoms with Crippen LogP contribution in [0.3, 0.4) is 0 Å². The number of halogens is 1. The Hall–Kier alpha value is -2.72. The first-order valence-corrected chi connectivity index (χ1v) is 7.52. The van der Waals surface area contributed by atoms with Crippen molar-refractivity contribution in [2.75, 3.05) is 0 Å². The van der Waals surface area contributed by atoms with Gasteiger partial charge in [0.2, 0.25) is 0 Å². The second-order valence-corrected chi connectivity index (χ2v) is 5.73. The summed E-state index contributed by atoms with van der Waals surface area (Å²) in [5.74, 6) is -0.593. The first kappa shape index (κ1) is 13.9. The predicted molar refractivity (Wildman–Crippen MR) is 87.4 cm³/mol. The van der Waals surface area contributed by atoms with Gasteiger partial charge in [0, 0.05) is 10.9 Å². The SMILES string of the molecule is O=C1c2ccccc2C(=O)N1Cc1cc2ccccc2nc1Cl. The molecule has 0 bridgehead atoms. The molecular formula is C18H11ClN2O2. The quantitative estimate of drug-likeness (QED) is 0.534. The number of rotatable bonds is 2. The summed E-state index contributed by atoms with van der Waals surface area (Å²) in [6, 6.07) is 16.3. The van der Waals surface area contributed by atoms with Gasteiger partial charge in [0.25, 0.3) is 11.8 Å². The molecule has 0 radical (unpaired) electrons. The molecule has 0 saturated carbocycles. The van der Waals surface area contributed by atoms with Crippen LogP contribution in [-0.4, -0.2) is 21.7 Å². The highest BCUT2D eigenvalue weighted by atomic mass is 35.5. The standard InChI is InChI=1S/C18H11ClN2O2/c19-16-12(9-11-5-1-4-8-15(11)20-16)10-21-17(22)13-6-2-3-7-14(13)18(21)23/h1-9H,10H2. The number of amides is 2. The van der Waals surface area contributed by atoms with Gasteiger partial charge in [-0.25, -0.2) is 4.98 Å². The van der Waals surface area contributed by atoms with Gasteiger partial charge in [0.15, 0.2) is 0 Å². The van der Waals surface area contributed by atoms with Crippen LogP contribution in [0.5, 0.6) is 0 Å². The molecule has 0 aliphatic carbocycles. The number of nitrogens with zero attached hydrogens (tertiary/aromatic N) is 2. The third-order valence-electron chi connectivity index (χ3n) is 3.96. The lowest BCUT2D eigenvalue weighted by Gasteiger charge is -2.15. The molecule has 1 aliphatic rings. The fourth-order valence-electron chi connectivity index (χ4n) is 2.80. The molecule has 3 aromatic rings. The van der Waals surface area contributed by atoms with E-state index in [1.807, 2.05) is 30.3 Å². The van der Waals surface area contributed by atoms with E-state index in [9.17, 15) is 9.59 Å². The monoisotopic (exact) mass is 322 g/mol. The summed E-state index contributed by atoms with van der Waals surface area (Å²) in [5.41, 5.74) is 2.30. The number of imide groups is 1. The third-order valence-corrected chi connectivity index (χ3v) is 4.28. The van der Waals surface area contributed by atoms with Crippen molar-refractivity contribution in [1.29, 1.82) is 0 Å². The third kappa shape index (κ3) is 2.19. The summed E-state index contributed by atoms with van der Waals surface area (Å²) in [4.78, 5) is 30.4. The molecule has 5 heteroatoms. The van der Waals surface area contributed by atoms with E-state index in [-0.39, 0.29) is 18.4 Å². The van der Waals surface area contributed by atoms with Gasteiger partial charge < -0.3 is 0 Å². The van der Waals surface area contributed by atoms with Crippen LogP contribution in [0.2, 0.25) is 5.15 Å². The summed E-state index contributed by atoms with van der Waals surface area (Å²) in [5, 5.41) is 1.23. The maximum Gasteiger partial charge on any atom is 0.261 e. The van der Waals surface area contributed by atoms with Crippen LogP contribution >= 0.6 is 11.6 Å². The maximum atomic E-state index is 12.4. The lowest BCUT2D eigenvalue weighted by atomic mass is 10.1. The summed E-state index contributed by atoms with van der Waals surface area (Å²) in [7, 11) is 0. The van der Waals surface area contributed by atoms with Crippen molar-refractivity contribution in [3.8, 4) is 0 Å². The molecule has 2 aromatic carbocycles. The normalized spacial score (nSPS) is 13.7. The van der Waals surface area contributed by atoms with Crippen molar-refractivity contribution >= 4 is 34.3 Å². The molecule has 23 heavy (non-hydrogen) atoms. The molecule has 1 aromatic heterocycles. The fourth-order valence-corrected chi connectivity index (χ4v) is 3.01. The van der Waals surface area contributed by atoms with Crippen molar-refractivity contribution in [2.45, 2.75) is 6.54 Å². The Kier molecular flexibility index (Phi) is 3.13. The number of aromatic nitrogens is 1. The number of hydrogen-bond donors (Lipinski definition) is 0. The molecule has 1 aliphatic heterocycles. The van der Waals surface area contributed by atoms with E-state index in [1.54, 1.807) is 24.3 Å². The van der Waals surface area contributed by atoms with Crippen molar-refractivity contribution < 1.29 is 9.59 Å². The smallest absolute Gasteiger partial charge is 0.261 e. The topological polar surface area (TPSA) is 50.3 Å². The molecule has 2 heterocycles. The van der Waals surface area contributed by atoms with Crippen molar-refractivity contribution in [2.24, 2.45) is 0 Å². The molecule has 0 atom stereocenters. The summed E-state index contributed by atoms with van der Waals surface area (Å²) >= 11 is 6.23. The fraction of sp³-hybridized carbons (Fsp3) is 0.0556. The van der Waals surface area contributed by atoms with Crippen molar-refractivity contribution in [1.82, 2.24) is 9.88 Å². The van der Waals surface area contributed by atoms with E-state index in [0.29, 0.717) is 21.8 Å². The average molecular weight is 323 g/mol. The Bertz CT molecular complexity index is 933. The molecule has 0 fully saturated rings. The Balaban J connectivity index is 1.73. The zero-order valence-electron chi connectivity index (χ0n) is 12.0. The number of para-hydroxylation sites is 1. The number of pyridine rings is 1. The molecule has 112 valence electrons. The van der Waals surface area contributed by atoms with Crippen LogP contribution in [0.25, 0.3) is 10.9 Å². The molecule has 0 unspecified atom stereocenters. The minimum atomic E-state index is -0.296. The van der Waals surface area contributed by atoms with E-state index >= 15 is 0 Å². The van der Waals surface area contributed by atoms with Gasteiger partial charge in [-0.1, -0.05) is 41.9 Å². The van der Waals surface area contributed by atoms with E-state index < -0.39 is 0 Å². The zero-order chi connectivity index (χ0) is 16.0. The van der Waals surface area contributed by atoms with Gasteiger partial charge in [-0.05, 0) is 24.3 Å². The van der Waals surface area contributed by atoms with Crippen LogP contribution in [-0.2, 0) is 6.54 Å². The van der Waals surface area contributed by atoms with E-state index in [2.05, 4.69) is 4.98 Å². The summed E-state index contributed by atoms with van der Waals surface area (Å²) < 4.78 is 0. The predicted octanol–water partition coefficient (Wildman–Crippen LogP) is 3.68. The molecular weight excluding hydrogens is 312 g/mol. The van der Waals surface area contributed by atoms with E-state index in [4.69, 9.17) is 11.6 Å². The van der Waals surface area contributed by atoms with Crippen LogP contribution in [0, 0.1) is 0 Å². The average Bonchev–Trinajstić information content (AvgIpc) is 2.81. The molecule has 4 nitrogen and oxygen atoms in total. The minimum absolute atomic E-state index is 0.114. The first-order chi connectivity index (χ1) is 11.1. The van der Waals surface area contributed by atoms with Crippen LogP contribution in [0.4, 0.5) is 0 Å². The van der Waals surface area contributed by atoms with Gasteiger partial charge in [-0.15, -0.1) is 0 Å². The Morgan fingerprint density at radius 3 is 2.22 bits per heavy atom. The van der Waals surface area contributed by atoms with Crippen molar-refractivity contribution in [3.05, 3.63) is 76.4 Å². The lowest BCUT2D eigenvalue weighted by Crippen LogP contribution is -2.29. The molecule has 4 rings (SSSR count). The van der Waals surface area contributed by atoms with Crippen molar-refractivity contribution in [3.63, 3.8) is 0 Å². The first-order valence-electron chi connectivity index (χ1n) is 7.14. The second-order valence-electron chi connectivity index (χ2n) is 5.37. The van der Waals surface area contributed by atoms with E-state index in [1.165, 1.54) is 4.90 Å².